The summed E-state index contributed by atoms with van der Waals surface area (Å²) < 4.78 is 5.99. The molecule has 1 aromatic heterocycles. The van der Waals surface area contributed by atoms with Gasteiger partial charge in [-0.2, -0.15) is 0 Å². The molecule has 1 N–H and O–H groups in total. The van der Waals surface area contributed by atoms with Crippen LogP contribution in [0.2, 0.25) is 0 Å². The summed E-state index contributed by atoms with van der Waals surface area (Å²) in [5.74, 6) is 0.775. The molecule has 0 spiro atoms. The second-order valence-corrected chi connectivity index (χ2v) is 5.68. The molecule has 1 aromatic rings. The van der Waals surface area contributed by atoms with Gasteiger partial charge >= 0.3 is 0 Å². The van der Waals surface area contributed by atoms with Crippen LogP contribution in [0.3, 0.4) is 0 Å². The minimum Gasteiger partial charge on any atom is -0.367 e. The lowest BCUT2D eigenvalue weighted by Crippen LogP contribution is -2.34. The smallest absolute Gasteiger partial charge is 0.254 e. The molecule has 1 heterocycles. The maximum Gasteiger partial charge on any atom is 0.254 e. The lowest BCUT2D eigenvalue weighted by molar-refractivity contribution is -0.0460. The molecule has 104 valence electrons. The zero-order valence-corrected chi connectivity index (χ0v) is 11.6. The van der Waals surface area contributed by atoms with Crippen LogP contribution < -0.4 is 5.56 Å². The van der Waals surface area contributed by atoms with Gasteiger partial charge in [0.15, 0.2) is 0 Å². The Kier molecular flexibility index (Phi) is 3.44. The summed E-state index contributed by atoms with van der Waals surface area (Å²) in [5.41, 5.74) is 1.64. The Bertz CT molecular complexity index is 515. The molecule has 0 unspecified atom stereocenters. The van der Waals surface area contributed by atoms with Gasteiger partial charge in [-0.05, 0) is 58.3 Å². The first-order valence-corrected chi connectivity index (χ1v) is 7.52. The number of nitrogens with one attached hydrogen (secondary N) is 1. The second-order valence-electron chi connectivity index (χ2n) is 5.68. The van der Waals surface area contributed by atoms with Crippen molar-refractivity contribution in [3.63, 3.8) is 0 Å². The van der Waals surface area contributed by atoms with E-state index < -0.39 is 0 Å². The highest BCUT2D eigenvalue weighted by molar-refractivity contribution is 5.22. The van der Waals surface area contributed by atoms with Gasteiger partial charge < -0.3 is 9.72 Å². The molecule has 0 radical (unpaired) electrons. The predicted molar refractivity (Wildman–Crippen MR) is 73.3 cm³/mol. The molecule has 0 saturated heterocycles. The largest absolute Gasteiger partial charge is 0.367 e. The van der Waals surface area contributed by atoms with Crippen molar-refractivity contribution in [2.45, 2.75) is 63.9 Å². The van der Waals surface area contributed by atoms with Gasteiger partial charge in [-0.1, -0.05) is 0 Å². The molecule has 2 aliphatic carbocycles. The number of aromatic nitrogens is 2. The monoisotopic (exact) mass is 262 g/mol. The average Bonchev–Trinajstić information content (AvgIpc) is 2.89. The molecular formula is C15H22N2O2. The van der Waals surface area contributed by atoms with Crippen LogP contribution in [0.25, 0.3) is 0 Å². The van der Waals surface area contributed by atoms with E-state index in [1.807, 2.05) is 6.92 Å². The number of aromatic amines is 1. The highest BCUT2D eigenvalue weighted by Gasteiger charge is 2.39. The van der Waals surface area contributed by atoms with Gasteiger partial charge in [-0.3, -0.25) is 4.79 Å². The summed E-state index contributed by atoms with van der Waals surface area (Å²) >= 11 is 0. The van der Waals surface area contributed by atoms with E-state index in [1.54, 1.807) is 0 Å². The molecule has 0 aromatic carbocycles. The maximum atomic E-state index is 12.2. The van der Waals surface area contributed by atoms with Gasteiger partial charge in [0.1, 0.15) is 11.4 Å². The maximum absolute atomic E-state index is 12.2. The third kappa shape index (κ3) is 2.22. The first-order chi connectivity index (χ1) is 9.25. The molecule has 19 heavy (non-hydrogen) atoms. The molecule has 0 atom stereocenters. The molecule has 3 rings (SSSR count). The number of H-pyrrole nitrogens is 1. The Labute approximate surface area is 113 Å². The van der Waals surface area contributed by atoms with Crippen molar-refractivity contribution in [2.24, 2.45) is 0 Å². The van der Waals surface area contributed by atoms with E-state index in [2.05, 4.69) is 4.98 Å². The number of nitrogens with zero attached hydrogens (tertiary/aromatic N) is 1. The number of fused-ring (bicyclic) bond motifs is 1. The van der Waals surface area contributed by atoms with E-state index in [0.717, 1.165) is 68.4 Å². The molecule has 0 bridgehead atoms. The van der Waals surface area contributed by atoms with Crippen LogP contribution in [0, 0.1) is 0 Å². The van der Waals surface area contributed by atoms with E-state index >= 15 is 0 Å². The van der Waals surface area contributed by atoms with Crippen LogP contribution in [-0.4, -0.2) is 16.6 Å². The van der Waals surface area contributed by atoms with Gasteiger partial charge in [0.05, 0.1) is 5.69 Å². The van der Waals surface area contributed by atoms with Gasteiger partial charge in [0.25, 0.3) is 5.56 Å². The lowest BCUT2D eigenvalue weighted by Gasteiger charge is -2.29. The van der Waals surface area contributed by atoms with Crippen molar-refractivity contribution in [3.05, 3.63) is 27.4 Å². The third-order valence-corrected chi connectivity index (χ3v) is 4.45. The fourth-order valence-corrected chi connectivity index (χ4v) is 3.49. The van der Waals surface area contributed by atoms with E-state index in [0.29, 0.717) is 6.61 Å². The van der Waals surface area contributed by atoms with Crippen molar-refractivity contribution >= 4 is 0 Å². The Morgan fingerprint density at radius 3 is 2.68 bits per heavy atom. The molecular weight excluding hydrogens is 240 g/mol. The van der Waals surface area contributed by atoms with Gasteiger partial charge in [-0.25, -0.2) is 4.98 Å². The molecule has 4 heteroatoms. The van der Waals surface area contributed by atoms with Crippen LogP contribution >= 0.6 is 0 Å². The number of hydrogen-bond acceptors (Lipinski definition) is 3. The quantitative estimate of drug-likeness (QED) is 0.910. The lowest BCUT2D eigenvalue weighted by atomic mass is 9.95. The number of ether oxygens (including phenoxy) is 1. The van der Waals surface area contributed by atoms with Crippen molar-refractivity contribution in [1.82, 2.24) is 9.97 Å². The van der Waals surface area contributed by atoms with Crippen LogP contribution in [0.5, 0.6) is 0 Å². The van der Waals surface area contributed by atoms with Gasteiger partial charge in [-0.15, -0.1) is 0 Å². The summed E-state index contributed by atoms with van der Waals surface area (Å²) in [4.78, 5) is 20.0. The van der Waals surface area contributed by atoms with Crippen molar-refractivity contribution in [2.75, 3.05) is 6.61 Å². The molecule has 1 fully saturated rings. The first kappa shape index (κ1) is 12.9. The zero-order chi connectivity index (χ0) is 13.3. The Balaban J connectivity index is 2.04. The fraction of sp³-hybridized carbons (Fsp3) is 0.733. The third-order valence-electron chi connectivity index (χ3n) is 4.45. The average molecular weight is 262 g/mol. The van der Waals surface area contributed by atoms with Crippen LogP contribution in [0.15, 0.2) is 4.79 Å². The highest BCUT2D eigenvalue weighted by Crippen LogP contribution is 2.40. The summed E-state index contributed by atoms with van der Waals surface area (Å²) in [6, 6.07) is 0. The van der Waals surface area contributed by atoms with Gasteiger partial charge in [0, 0.05) is 12.2 Å². The van der Waals surface area contributed by atoms with Gasteiger partial charge in [0.2, 0.25) is 0 Å². The fourth-order valence-electron chi connectivity index (χ4n) is 3.49. The molecule has 1 saturated carbocycles. The topological polar surface area (TPSA) is 55.0 Å². The standard InChI is InChI=1S/C15H22N2O2/c1-2-19-15(9-5-6-10-15)14-16-12-8-4-3-7-11(12)13(18)17-14/h2-10H2,1H3,(H,16,17,18). The van der Waals surface area contributed by atoms with Crippen LogP contribution in [0.4, 0.5) is 0 Å². The molecule has 0 amide bonds. The minimum atomic E-state index is -0.333. The number of hydrogen-bond donors (Lipinski definition) is 1. The summed E-state index contributed by atoms with van der Waals surface area (Å²) in [7, 11) is 0. The van der Waals surface area contributed by atoms with E-state index in [-0.39, 0.29) is 11.2 Å². The number of aryl methyl sites for hydroxylation is 1. The van der Waals surface area contributed by atoms with Crippen LogP contribution in [0.1, 0.15) is 62.5 Å². The Morgan fingerprint density at radius 1 is 1.21 bits per heavy atom. The van der Waals surface area contributed by atoms with E-state index in [9.17, 15) is 4.79 Å². The summed E-state index contributed by atoms with van der Waals surface area (Å²) in [6.07, 6.45) is 8.32. The van der Waals surface area contributed by atoms with E-state index in [4.69, 9.17) is 9.72 Å². The van der Waals surface area contributed by atoms with E-state index in [1.165, 1.54) is 0 Å². The van der Waals surface area contributed by atoms with Crippen molar-refractivity contribution in [3.8, 4) is 0 Å². The van der Waals surface area contributed by atoms with Crippen molar-refractivity contribution in [1.29, 1.82) is 0 Å². The number of rotatable bonds is 3. The zero-order valence-electron chi connectivity index (χ0n) is 11.6. The second kappa shape index (κ2) is 5.08. The first-order valence-electron chi connectivity index (χ1n) is 7.52. The highest BCUT2D eigenvalue weighted by atomic mass is 16.5. The Morgan fingerprint density at radius 2 is 1.95 bits per heavy atom. The minimum absolute atomic E-state index is 0.0608. The van der Waals surface area contributed by atoms with Crippen LogP contribution in [-0.2, 0) is 23.2 Å². The predicted octanol–water partition coefficient (Wildman–Crippen LogP) is 2.45. The normalized spacial score (nSPS) is 21.3. The SMILES string of the molecule is CCOC1(c2nc3c(c(=O)[nH]2)CCCC3)CCCC1. The van der Waals surface area contributed by atoms with Crippen molar-refractivity contribution < 1.29 is 4.74 Å². The molecule has 4 nitrogen and oxygen atoms in total. The summed E-state index contributed by atoms with van der Waals surface area (Å²) in [5, 5.41) is 0. The molecule has 2 aliphatic rings. The Hall–Kier alpha value is -1.16. The summed E-state index contributed by atoms with van der Waals surface area (Å²) in [6.45, 7) is 2.68. The molecule has 0 aliphatic heterocycles.